The maximum Gasteiger partial charge on any atom is 0.340 e. The average molecular weight is 471 g/mol. The van der Waals surface area contributed by atoms with Crippen LogP contribution < -0.4 is 9.64 Å². The molecule has 1 atom stereocenters. The van der Waals surface area contributed by atoms with Crippen molar-refractivity contribution in [3.8, 4) is 23.0 Å². The van der Waals surface area contributed by atoms with E-state index in [2.05, 4.69) is 0 Å². The third-order valence-corrected chi connectivity index (χ3v) is 7.00. The summed E-state index contributed by atoms with van der Waals surface area (Å²) in [6.07, 6.45) is 0.132. The predicted molar refractivity (Wildman–Crippen MR) is 123 cm³/mol. The van der Waals surface area contributed by atoms with Gasteiger partial charge in [0.1, 0.15) is 23.0 Å². The largest absolute Gasteiger partial charge is 0.508 e. The highest BCUT2D eigenvalue weighted by atomic mass is 16.6. The Bertz CT molecular complexity index is 1410. The van der Waals surface area contributed by atoms with E-state index in [9.17, 15) is 24.6 Å². The number of hydrogen-bond acceptors (Lipinski definition) is 7. The fourth-order valence-electron chi connectivity index (χ4n) is 5.28. The van der Waals surface area contributed by atoms with E-state index < -0.39 is 17.5 Å². The van der Waals surface area contributed by atoms with Gasteiger partial charge in [-0.3, -0.25) is 14.5 Å². The van der Waals surface area contributed by atoms with Gasteiger partial charge in [-0.15, -0.1) is 0 Å². The zero-order valence-electron chi connectivity index (χ0n) is 18.9. The second-order valence-electron chi connectivity index (χ2n) is 9.39. The van der Waals surface area contributed by atoms with Crippen molar-refractivity contribution in [1.82, 2.24) is 0 Å². The molecular weight excluding hydrogens is 450 g/mol. The number of phenols is 2. The van der Waals surface area contributed by atoms with Gasteiger partial charge in [-0.1, -0.05) is 19.9 Å². The van der Waals surface area contributed by atoms with Gasteiger partial charge in [0.2, 0.25) is 11.8 Å². The Kier molecular flexibility index (Phi) is 4.30. The molecule has 2 amide bonds. The lowest BCUT2D eigenvalue weighted by Crippen LogP contribution is -2.33. The standard InChI is InChI=1S/C27H21NO7/c1-13(2)17-12-24(31)28(25(17)32)14-3-6-19-18(9-14)26(33)35-27(19)20-7-4-15(29)10-22(20)34-23-11-16(30)5-8-21(23)27/h3-11,13,17,29-30H,12H2,1-2H3. The first kappa shape index (κ1) is 21.2. The molecule has 3 aromatic carbocycles. The highest BCUT2D eigenvalue weighted by molar-refractivity contribution is 6.21. The monoisotopic (exact) mass is 471 g/mol. The maximum atomic E-state index is 13.2. The molecule has 0 saturated carbocycles. The van der Waals surface area contributed by atoms with Crippen molar-refractivity contribution >= 4 is 23.5 Å². The van der Waals surface area contributed by atoms with E-state index in [-0.39, 0.29) is 52.7 Å². The van der Waals surface area contributed by atoms with E-state index in [1.165, 1.54) is 30.3 Å². The van der Waals surface area contributed by atoms with Crippen LogP contribution in [0, 0.1) is 11.8 Å². The number of carbonyl (C=O) groups excluding carboxylic acids is 3. The van der Waals surface area contributed by atoms with E-state index in [1.54, 1.807) is 24.3 Å². The quantitative estimate of drug-likeness (QED) is 0.425. The number of aromatic hydroxyl groups is 2. The molecule has 8 heteroatoms. The molecule has 35 heavy (non-hydrogen) atoms. The second-order valence-corrected chi connectivity index (χ2v) is 9.39. The summed E-state index contributed by atoms with van der Waals surface area (Å²) in [6, 6.07) is 13.9. The third kappa shape index (κ3) is 2.83. The van der Waals surface area contributed by atoms with Crippen molar-refractivity contribution in [2.24, 2.45) is 11.8 Å². The Hall–Kier alpha value is -4.33. The Morgan fingerprint density at radius 3 is 2.06 bits per heavy atom. The van der Waals surface area contributed by atoms with Gasteiger partial charge >= 0.3 is 5.97 Å². The van der Waals surface area contributed by atoms with Crippen LogP contribution in [0.4, 0.5) is 5.69 Å². The van der Waals surface area contributed by atoms with Crippen molar-refractivity contribution in [2.75, 3.05) is 4.90 Å². The molecule has 3 aliphatic heterocycles. The van der Waals surface area contributed by atoms with Crippen LogP contribution in [0.25, 0.3) is 0 Å². The molecule has 1 unspecified atom stereocenters. The van der Waals surface area contributed by atoms with Crippen molar-refractivity contribution in [1.29, 1.82) is 0 Å². The molecule has 0 aromatic heterocycles. The van der Waals surface area contributed by atoms with Crippen LogP contribution in [0.2, 0.25) is 0 Å². The van der Waals surface area contributed by atoms with E-state index in [0.29, 0.717) is 22.4 Å². The number of anilines is 1. The SMILES string of the molecule is CC(C)C1CC(=O)N(c2ccc3c(c2)C(=O)OC32c3ccc(O)cc3Oc3cc(O)ccc32)C1=O. The highest BCUT2D eigenvalue weighted by Crippen LogP contribution is 2.57. The van der Waals surface area contributed by atoms with Gasteiger partial charge in [0, 0.05) is 35.2 Å². The summed E-state index contributed by atoms with van der Waals surface area (Å²) in [6.45, 7) is 3.80. The lowest BCUT2D eigenvalue weighted by Gasteiger charge is -2.36. The molecule has 1 fully saturated rings. The average Bonchev–Trinajstić information content (AvgIpc) is 3.27. The number of carbonyl (C=O) groups is 3. The smallest absolute Gasteiger partial charge is 0.340 e. The fourth-order valence-corrected chi connectivity index (χ4v) is 5.28. The minimum Gasteiger partial charge on any atom is -0.508 e. The molecule has 8 nitrogen and oxygen atoms in total. The minimum absolute atomic E-state index is 0.0159. The fraction of sp³-hybridized carbons (Fsp3) is 0.222. The number of nitrogens with zero attached hydrogens (tertiary/aromatic N) is 1. The van der Waals surface area contributed by atoms with E-state index in [0.717, 1.165) is 4.90 Å². The van der Waals surface area contributed by atoms with Crippen LogP contribution in [0.15, 0.2) is 54.6 Å². The first-order chi connectivity index (χ1) is 16.7. The van der Waals surface area contributed by atoms with Crippen molar-refractivity contribution in [3.05, 3.63) is 76.9 Å². The van der Waals surface area contributed by atoms with Crippen LogP contribution in [0.1, 0.15) is 47.3 Å². The Balaban J connectivity index is 1.54. The molecule has 1 saturated heterocycles. The summed E-state index contributed by atoms with van der Waals surface area (Å²) in [5.41, 5.74) is 0.654. The first-order valence-corrected chi connectivity index (χ1v) is 11.3. The van der Waals surface area contributed by atoms with E-state index >= 15 is 0 Å². The van der Waals surface area contributed by atoms with Crippen molar-refractivity contribution in [2.45, 2.75) is 25.9 Å². The van der Waals surface area contributed by atoms with Crippen LogP contribution in [-0.2, 0) is 19.9 Å². The van der Waals surface area contributed by atoms with Gasteiger partial charge in [-0.05, 0) is 42.3 Å². The summed E-state index contributed by atoms with van der Waals surface area (Å²) >= 11 is 0. The Morgan fingerprint density at radius 2 is 1.49 bits per heavy atom. The molecule has 3 heterocycles. The summed E-state index contributed by atoms with van der Waals surface area (Å²) in [5.74, 6) is -1.11. The zero-order valence-corrected chi connectivity index (χ0v) is 18.9. The zero-order chi connectivity index (χ0) is 24.6. The second kappa shape index (κ2) is 7.09. The molecule has 3 aromatic rings. The van der Waals surface area contributed by atoms with Crippen LogP contribution in [-0.4, -0.2) is 28.0 Å². The lowest BCUT2D eigenvalue weighted by atomic mass is 9.77. The van der Waals surface area contributed by atoms with Gasteiger partial charge in [0.25, 0.3) is 0 Å². The molecule has 0 radical (unpaired) electrons. The topological polar surface area (TPSA) is 113 Å². The molecular formula is C27H21NO7. The molecule has 3 aliphatic rings. The van der Waals surface area contributed by atoms with Gasteiger partial charge in [0.15, 0.2) is 5.60 Å². The minimum atomic E-state index is -1.39. The Morgan fingerprint density at radius 1 is 0.886 bits per heavy atom. The number of hydrogen-bond donors (Lipinski definition) is 2. The number of benzene rings is 3. The number of fused-ring (bicyclic) bond motifs is 6. The number of rotatable bonds is 2. The molecule has 2 N–H and O–H groups in total. The summed E-state index contributed by atoms with van der Waals surface area (Å²) in [4.78, 5) is 40.0. The van der Waals surface area contributed by atoms with Crippen LogP contribution in [0.3, 0.4) is 0 Å². The lowest BCUT2D eigenvalue weighted by molar-refractivity contribution is -0.122. The number of imide groups is 1. The molecule has 0 aliphatic carbocycles. The van der Waals surface area contributed by atoms with Gasteiger partial charge in [0.05, 0.1) is 17.2 Å². The number of phenolic OH excluding ortho intramolecular Hbond substituents is 2. The van der Waals surface area contributed by atoms with Crippen molar-refractivity contribution < 1.29 is 34.1 Å². The van der Waals surface area contributed by atoms with Crippen LogP contribution in [0.5, 0.6) is 23.0 Å². The number of esters is 1. The van der Waals surface area contributed by atoms with Gasteiger partial charge < -0.3 is 19.7 Å². The van der Waals surface area contributed by atoms with E-state index in [4.69, 9.17) is 9.47 Å². The highest BCUT2D eigenvalue weighted by Gasteiger charge is 2.54. The van der Waals surface area contributed by atoms with Crippen molar-refractivity contribution in [3.63, 3.8) is 0 Å². The third-order valence-electron chi connectivity index (χ3n) is 7.00. The van der Waals surface area contributed by atoms with Crippen LogP contribution >= 0.6 is 0 Å². The molecule has 176 valence electrons. The Labute approximate surface area is 200 Å². The summed E-state index contributed by atoms with van der Waals surface area (Å²) in [5, 5.41) is 20.1. The van der Waals surface area contributed by atoms with Gasteiger partial charge in [-0.2, -0.15) is 0 Å². The molecule has 6 rings (SSSR count). The predicted octanol–water partition coefficient (Wildman–Crippen LogP) is 4.20. The molecule has 1 spiro atoms. The maximum absolute atomic E-state index is 13.2. The summed E-state index contributed by atoms with van der Waals surface area (Å²) in [7, 11) is 0. The first-order valence-electron chi connectivity index (χ1n) is 11.3. The number of ether oxygens (including phenoxy) is 2. The molecule has 0 bridgehead atoms. The van der Waals surface area contributed by atoms with Gasteiger partial charge in [-0.25, -0.2) is 4.79 Å². The normalized spacial score (nSPS) is 19.5. The number of amides is 2. The van der Waals surface area contributed by atoms with E-state index in [1.807, 2.05) is 13.8 Å². The summed E-state index contributed by atoms with van der Waals surface area (Å²) < 4.78 is 12.0.